The van der Waals surface area contributed by atoms with E-state index in [1.165, 1.54) is 64.2 Å². The van der Waals surface area contributed by atoms with Crippen molar-refractivity contribution in [3.63, 3.8) is 0 Å². The zero-order chi connectivity index (χ0) is 18.2. The van der Waals surface area contributed by atoms with Gasteiger partial charge in [-0.1, -0.05) is 84.0 Å². The first kappa shape index (κ1) is 23.8. The number of aliphatic hydroxyl groups is 3. The molecule has 0 aliphatic heterocycles. The van der Waals surface area contributed by atoms with Gasteiger partial charge in [0.1, 0.15) is 0 Å². The smallest absolute Gasteiger partial charge is 0.0975 e. The first-order valence-electron chi connectivity index (χ1n) is 10.2. The van der Waals surface area contributed by atoms with Crippen molar-refractivity contribution < 1.29 is 15.3 Å². The third kappa shape index (κ3) is 12.2. The van der Waals surface area contributed by atoms with E-state index < -0.39 is 18.2 Å². The van der Waals surface area contributed by atoms with Crippen LogP contribution in [-0.2, 0) is 0 Å². The van der Waals surface area contributed by atoms with E-state index in [1.807, 2.05) is 0 Å². The molecule has 24 heavy (non-hydrogen) atoms. The van der Waals surface area contributed by atoms with Crippen LogP contribution in [0.15, 0.2) is 0 Å². The van der Waals surface area contributed by atoms with Crippen LogP contribution in [0.3, 0.4) is 0 Å². The van der Waals surface area contributed by atoms with Crippen LogP contribution < -0.4 is 0 Å². The Morgan fingerprint density at radius 2 is 1.12 bits per heavy atom. The third-order valence-electron chi connectivity index (χ3n) is 4.99. The van der Waals surface area contributed by atoms with Gasteiger partial charge in [0, 0.05) is 0 Å². The highest BCUT2D eigenvalue weighted by Gasteiger charge is 2.26. The maximum Gasteiger partial charge on any atom is 0.0975 e. The number of aliphatic hydroxyl groups excluding tert-OH is 3. The van der Waals surface area contributed by atoms with Crippen LogP contribution in [0.5, 0.6) is 0 Å². The summed E-state index contributed by atoms with van der Waals surface area (Å²) in [7, 11) is 3.61. The van der Waals surface area contributed by atoms with Crippen molar-refractivity contribution in [1.82, 2.24) is 4.90 Å². The minimum Gasteiger partial charge on any atom is -0.395 e. The molecule has 3 N–H and O–H groups in total. The molecule has 0 saturated carbocycles. The summed E-state index contributed by atoms with van der Waals surface area (Å²) >= 11 is 0. The average molecular weight is 346 g/mol. The lowest BCUT2D eigenvalue weighted by Gasteiger charge is -2.30. The first-order valence-corrected chi connectivity index (χ1v) is 10.2. The Labute approximate surface area is 150 Å². The molecule has 0 amide bonds. The fourth-order valence-electron chi connectivity index (χ4n) is 3.20. The molecule has 0 fully saturated rings. The Bertz CT molecular complexity index is 261. The van der Waals surface area contributed by atoms with Crippen molar-refractivity contribution in [2.75, 3.05) is 20.7 Å². The summed E-state index contributed by atoms with van der Waals surface area (Å²) in [6, 6.07) is -0.391. The molecular formula is C20H43NO3. The van der Waals surface area contributed by atoms with Gasteiger partial charge in [-0.15, -0.1) is 0 Å². The molecule has 0 saturated heterocycles. The maximum absolute atomic E-state index is 10.1. The van der Waals surface area contributed by atoms with Gasteiger partial charge in [-0.3, -0.25) is 0 Å². The second-order valence-electron chi connectivity index (χ2n) is 7.45. The van der Waals surface area contributed by atoms with Crippen LogP contribution in [0.1, 0.15) is 90.4 Å². The number of hydrogen-bond donors (Lipinski definition) is 3. The monoisotopic (exact) mass is 345 g/mol. The van der Waals surface area contributed by atoms with E-state index in [4.69, 9.17) is 0 Å². The van der Waals surface area contributed by atoms with Gasteiger partial charge in [-0.25, -0.2) is 0 Å². The zero-order valence-corrected chi connectivity index (χ0v) is 16.4. The minimum absolute atomic E-state index is 0.135. The zero-order valence-electron chi connectivity index (χ0n) is 16.4. The topological polar surface area (TPSA) is 63.9 Å². The van der Waals surface area contributed by atoms with Gasteiger partial charge in [0.15, 0.2) is 0 Å². The van der Waals surface area contributed by atoms with E-state index in [-0.39, 0.29) is 6.61 Å². The van der Waals surface area contributed by atoms with E-state index in [1.54, 1.807) is 19.0 Å². The van der Waals surface area contributed by atoms with Gasteiger partial charge >= 0.3 is 0 Å². The molecular weight excluding hydrogens is 302 g/mol. The van der Waals surface area contributed by atoms with Crippen LogP contribution in [0, 0.1) is 0 Å². The summed E-state index contributed by atoms with van der Waals surface area (Å²) < 4.78 is 0. The Balaban J connectivity index is 3.46. The van der Waals surface area contributed by atoms with Crippen molar-refractivity contribution in [1.29, 1.82) is 0 Å². The molecule has 0 aromatic rings. The van der Waals surface area contributed by atoms with Crippen LogP contribution in [0.25, 0.3) is 0 Å². The maximum atomic E-state index is 10.1. The Kier molecular flexibility index (Phi) is 16.2. The Hall–Kier alpha value is -0.160. The molecule has 0 aliphatic carbocycles. The molecule has 4 nitrogen and oxygen atoms in total. The van der Waals surface area contributed by atoms with Crippen LogP contribution in [0.2, 0.25) is 0 Å². The van der Waals surface area contributed by atoms with Crippen LogP contribution in [-0.4, -0.2) is 59.2 Å². The molecule has 3 atom stereocenters. The lowest BCUT2D eigenvalue weighted by atomic mass is 9.99. The molecule has 146 valence electrons. The van der Waals surface area contributed by atoms with Gasteiger partial charge in [0.05, 0.1) is 24.9 Å². The molecule has 0 radical (unpaired) electrons. The average Bonchev–Trinajstić information content (AvgIpc) is 2.55. The van der Waals surface area contributed by atoms with E-state index >= 15 is 0 Å². The molecule has 0 rings (SSSR count). The molecule has 0 aliphatic rings. The normalized spacial score (nSPS) is 15.6. The van der Waals surface area contributed by atoms with Gasteiger partial charge in [-0.2, -0.15) is 0 Å². The second-order valence-corrected chi connectivity index (χ2v) is 7.45. The molecule has 0 heterocycles. The summed E-state index contributed by atoms with van der Waals surface area (Å²) in [4.78, 5) is 1.76. The molecule has 0 aromatic heterocycles. The van der Waals surface area contributed by atoms with E-state index in [9.17, 15) is 15.3 Å². The molecule has 0 bridgehead atoms. The standard InChI is InChI=1S/C20H43NO3/c1-4-5-6-7-8-9-10-11-12-13-14-15-16-19(23)20(24)18(17-22)21(2)3/h18-20,22-24H,4-17H2,1-3H3. The molecule has 0 aromatic carbocycles. The molecule has 3 unspecified atom stereocenters. The highest BCUT2D eigenvalue weighted by Crippen LogP contribution is 2.15. The molecule has 4 heteroatoms. The third-order valence-corrected chi connectivity index (χ3v) is 4.99. The van der Waals surface area contributed by atoms with E-state index in [0.717, 1.165) is 12.8 Å². The van der Waals surface area contributed by atoms with Crippen molar-refractivity contribution in [2.24, 2.45) is 0 Å². The largest absolute Gasteiger partial charge is 0.395 e. The van der Waals surface area contributed by atoms with Gasteiger partial charge in [0.2, 0.25) is 0 Å². The highest BCUT2D eigenvalue weighted by atomic mass is 16.3. The SMILES string of the molecule is CCCCCCCCCCCCCCC(O)C(O)C(CO)N(C)C. The van der Waals surface area contributed by atoms with Crippen molar-refractivity contribution in [2.45, 2.75) is 109 Å². The highest BCUT2D eigenvalue weighted by molar-refractivity contribution is 4.80. The fourth-order valence-corrected chi connectivity index (χ4v) is 3.20. The quantitative estimate of drug-likeness (QED) is 0.352. The number of rotatable bonds is 17. The van der Waals surface area contributed by atoms with Gasteiger partial charge < -0.3 is 20.2 Å². The fraction of sp³-hybridized carbons (Fsp3) is 1.00. The predicted octanol–water partition coefficient (Wildman–Crippen LogP) is 3.72. The molecule has 0 spiro atoms. The number of hydrogen-bond acceptors (Lipinski definition) is 4. The van der Waals surface area contributed by atoms with Gasteiger partial charge in [0.25, 0.3) is 0 Å². The van der Waals surface area contributed by atoms with E-state index in [0.29, 0.717) is 6.42 Å². The summed E-state index contributed by atoms with van der Waals surface area (Å²) in [6.07, 6.45) is 14.5. The summed E-state index contributed by atoms with van der Waals surface area (Å²) in [6.45, 7) is 2.12. The van der Waals surface area contributed by atoms with E-state index in [2.05, 4.69) is 6.92 Å². The number of nitrogens with zero attached hydrogens (tertiary/aromatic N) is 1. The van der Waals surface area contributed by atoms with Crippen LogP contribution in [0.4, 0.5) is 0 Å². The Morgan fingerprint density at radius 3 is 1.50 bits per heavy atom. The summed E-state index contributed by atoms with van der Waals surface area (Å²) in [5.41, 5.74) is 0. The summed E-state index contributed by atoms with van der Waals surface area (Å²) in [5.74, 6) is 0. The first-order chi connectivity index (χ1) is 11.5. The van der Waals surface area contributed by atoms with Crippen molar-refractivity contribution >= 4 is 0 Å². The van der Waals surface area contributed by atoms with Crippen molar-refractivity contribution in [3.05, 3.63) is 0 Å². The summed E-state index contributed by atoms with van der Waals surface area (Å²) in [5, 5.41) is 29.4. The number of likely N-dealkylation sites (N-methyl/N-ethyl adjacent to an activating group) is 1. The lowest BCUT2D eigenvalue weighted by molar-refractivity contribution is -0.0463. The second kappa shape index (κ2) is 16.3. The number of unbranched alkanes of at least 4 members (excludes halogenated alkanes) is 11. The minimum atomic E-state index is -0.877. The van der Waals surface area contributed by atoms with Crippen molar-refractivity contribution in [3.8, 4) is 0 Å². The lowest BCUT2D eigenvalue weighted by Crippen LogP contribution is -2.47. The van der Waals surface area contributed by atoms with Gasteiger partial charge in [-0.05, 0) is 20.5 Å². The van der Waals surface area contributed by atoms with Crippen LogP contribution >= 0.6 is 0 Å². The predicted molar refractivity (Wildman–Crippen MR) is 102 cm³/mol. The Morgan fingerprint density at radius 1 is 0.708 bits per heavy atom.